The van der Waals surface area contributed by atoms with E-state index in [2.05, 4.69) is 50.2 Å². The highest BCUT2D eigenvalue weighted by Gasteiger charge is 2.09. The minimum atomic E-state index is -1.47. The van der Waals surface area contributed by atoms with Gasteiger partial charge < -0.3 is 0 Å². The second-order valence-electron chi connectivity index (χ2n) is 6.31. The third-order valence-corrected chi connectivity index (χ3v) is 4.04. The van der Waals surface area contributed by atoms with Crippen molar-refractivity contribution in [1.82, 2.24) is 0 Å². The van der Waals surface area contributed by atoms with Crippen molar-refractivity contribution in [2.45, 2.75) is 26.6 Å². The zero-order valence-electron chi connectivity index (χ0n) is 13.4. The van der Waals surface area contributed by atoms with Gasteiger partial charge in [0.1, 0.15) is 13.8 Å². The van der Waals surface area contributed by atoms with Crippen molar-refractivity contribution in [3.63, 3.8) is 0 Å². The average molecular weight is 326 g/mol. The van der Waals surface area contributed by atoms with Crippen LogP contribution >= 0.6 is 11.6 Å². The van der Waals surface area contributed by atoms with Crippen molar-refractivity contribution in [3.05, 3.63) is 64.7 Å². The molecule has 22 heavy (non-hydrogen) atoms. The van der Waals surface area contributed by atoms with E-state index in [4.69, 9.17) is 16.6 Å². The van der Waals surface area contributed by atoms with Gasteiger partial charge in [0.05, 0.1) is 5.69 Å². The summed E-state index contributed by atoms with van der Waals surface area (Å²) >= 11 is 6.11. The highest BCUT2D eigenvalue weighted by atomic mass is 35.5. The number of rotatable bonds is 2. The Bertz CT molecular complexity index is 743. The average Bonchev–Trinajstić information content (AvgIpc) is 2.44. The fraction of sp³-hybridized carbons (Fsp3) is 0.211. The molecular weight excluding hydrogens is 306 g/mol. The van der Waals surface area contributed by atoms with E-state index >= 15 is 0 Å². The van der Waals surface area contributed by atoms with E-state index in [0.717, 1.165) is 17.0 Å². The molecule has 2 aromatic carbocycles. The monoisotopic (exact) mass is 325 g/mol. The van der Waals surface area contributed by atoms with Crippen LogP contribution in [-0.4, -0.2) is 13.8 Å². The summed E-state index contributed by atoms with van der Waals surface area (Å²) < 4.78 is 0. The number of aliphatic imine (C=N–C) groups is 1. The first-order valence-corrected chi connectivity index (χ1v) is 11.2. The predicted molar refractivity (Wildman–Crippen MR) is 100.0 cm³/mol. The Morgan fingerprint density at radius 2 is 1.73 bits per heavy atom. The molecule has 1 nitrogen and oxygen atoms in total. The van der Waals surface area contributed by atoms with Gasteiger partial charge in [0.25, 0.3) is 0 Å². The second-order valence-corrected chi connectivity index (χ2v) is 11.5. The molecule has 0 aliphatic carbocycles. The van der Waals surface area contributed by atoms with Gasteiger partial charge in [0.2, 0.25) is 0 Å². The summed E-state index contributed by atoms with van der Waals surface area (Å²) in [5.74, 6) is 3.27. The molecule has 0 fully saturated rings. The molecule has 2 aromatic rings. The summed E-state index contributed by atoms with van der Waals surface area (Å²) in [7, 11) is -1.47. The number of halogens is 1. The van der Waals surface area contributed by atoms with Crippen LogP contribution in [0.3, 0.4) is 0 Å². The lowest BCUT2D eigenvalue weighted by Gasteiger charge is -2.06. The van der Waals surface area contributed by atoms with Crippen LogP contribution in [0.2, 0.25) is 24.7 Å². The lowest BCUT2D eigenvalue weighted by atomic mass is 10.1. The van der Waals surface area contributed by atoms with Crippen molar-refractivity contribution in [2.24, 2.45) is 4.99 Å². The third kappa shape index (κ3) is 5.18. The van der Waals surface area contributed by atoms with Crippen molar-refractivity contribution in [2.75, 3.05) is 0 Å². The molecule has 0 N–H and O–H groups in total. The van der Waals surface area contributed by atoms with E-state index < -0.39 is 8.07 Å². The van der Waals surface area contributed by atoms with E-state index in [1.54, 1.807) is 0 Å². The molecule has 0 saturated carbocycles. The lowest BCUT2D eigenvalue weighted by molar-refractivity contribution is 1.43. The Morgan fingerprint density at radius 1 is 1.05 bits per heavy atom. The largest absolute Gasteiger partial charge is 0.239 e. The van der Waals surface area contributed by atoms with Crippen molar-refractivity contribution >= 4 is 31.1 Å². The zero-order chi connectivity index (χ0) is 16.2. The van der Waals surface area contributed by atoms with Crippen LogP contribution in [0.5, 0.6) is 0 Å². The van der Waals surface area contributed by atoms with Crippen LogP contribution in [0.1, 0.15) is 11.1 Å². The fourth-order valence-electron chi connectivity index (χ4n) is 1.80. The topological polar surface area (TPSA) is 12.4 Å². The number of aryl methyl sites for hydroxylation is 1. The minimum Gasteiger partial charge on any atom is -0.239 e. The molecule has 0 unspecified atom stereocenters. The smallest absolute Gasteiger partial charge is 0.129 e. The molecule has 0 aliphatic rings. The van der Waals surface area contributed by atoms with Gasteiger partial charge in [-0.3, -0.25) is 0 Å². The summed E-state index contributed by atoms with van der Waals surface area (Å²) in [5.41, 5.74) is 7.24. The third-order valence-electron chi connectivity index (χ3n) is 2.93. The maximum Gasteiger partial charge on any atom is 0.129 e. The number of benzene rings is 2. The molecule has 0 atom stereocenters. The lowest BCUT2D eigenvalue weighted by Crippen LogP contribution is -2.17. The number of hydrogen-bond acceptors (Lipinski definition) is 1. The Labute approximate surface area is 139 Å². The number of nitrogens with zero attached hydrogens (tertiary/aromatic N) is 1. The van der Waals surface area contributed by atoms with E-state index in [-0.39, 0.29) is 0 Å². The Kier molecular flexibility index (Phi) is 5.23. The summed E-state index contributed by atoms with van der Waals surface area (Å²) in [5, 5.41) is 0.698. The first-order chi connectivity index (χ1) is 10.3. The van der Waals surface area contributed by atoms with E-state index in [1.807, 2.05) is 36.4 Å². The molecule has 0 amide bonds. The summed E-state index contributed by atoms with van der Waals surface area (Å²) in [4.78, 5) is 4.72. The van der Waals surface area contributed by atoms with Crippen LogP contribution < -0.4 is 0 Å². The minimum absolute atomic E-state index is 0.698. The fourth-order valence-corrected chi connectivity index (χ4v) is 2.48. The normalized spacial score (nSPS) is 11.8. The van der Waals surface area contributed by atoms with Crippen LogP contribution in [0, 0.1) is 18.4 Å². The standard InChI is InChI=1S/C19H20ClNSi/c1-15-8-10-18(11-9-15)21-19(12-13-22(2,3)4)16-6-5-7-17(20)14-16/h5-11,14H,1-4H3. The van der Waals surface area contributed by atoms with Crippen molar-refractivity contribution in [3.8, 4) is 11.5 Å². The van der Waals surface area contributed by atoms with Gasteiger partial charge in [0.15, 0.2) is 0 Å². The van der Waals surface area contributed by atoms with Gasteiger partial charge in [-0.25, -0.2) is 4.99 Å². The highest BCUT2D eigenvalue weighted by molar-refractivity contribution is 6.84. The van der Waals surface area contributed by atoms with Gasteiger partial charge in [0, 0.05) is 10.6 Å². The predicted octanol–water partition coefficient (Wildman–Crippen LogP) is 5.65. The molecule has 0 heterocycles. The quantitative estimate of drug-likeness (QED) is 0.384. The van der Waals surface area contributed by atoms with Gasteiger partial charge in [-0.05, 0) is 31.2 Å². The van der Waals surface area contributed by atoms with Crippen LogP contribution in [0.25, 0.3) is 0 Å². The summed E-state index contributed by atoms with van der Waals surface area (Å²) in [6, 6.07) is 15.8. The van der Waals surface area contributed by atoms with E-state index in [0.29, 0.717) is 5.02 Å². The SMILES string of the molecule is Cc1ccc(N=C(C#C[Si](C)(C)C)c2cccc(Cl)c2)cc1. The summed E-state index contributed by atoms with van der Waals surface area (Å²) in [6.07, 6.45) is 0. The summed E-state index contributed by atoms with van der Waals surface area (Å²) in [6.45, 7) is 8.74. The van der Waals surface area contributed by atoms with Gasteiger partial charge >= 0.3 is 0 Å². The molecule has 0 aromatic heterocycles. The maximum absolute atomic E-state index is 6.11. The first-order valence-electron chi connectivity index (χ1n) is 7.28. The van der Waals surface area contributed by atoms with E-state index in [9.17, 15) is 0 Å². The molecule has 0 saturated heterocycles. The van der Waals surface area contributed by atoms with E-state index in [1.165, 1.54) is 5.56 Å². The zero-order valence-corrected chi connectivity index (χ0v) is 15.2. The van der Waals surface area contributed by atoms with Crippen LogP contribution in [-0.2, 0) is 0 Å². The number of hydrogen-bond donors (Lipinski definition) is 0. The Hall–Kier alpha value is -1.82. The van der Waals surface area contributed by atoms with Crippen LogP contribution in [0.4, 0.5) is 5.69 Å². The van der Waals surface area contributed by atoms with Gasteiger partial charge in [-0.1, -0.05) is 67.0 Å². The molecule has 2 rings (SSSR count). The van der Waals surface area contributed by atoms with Crippen molar-refractivity contribution in [1.29, 1.82) is 0 Å². The Balaban J connectivity index is 2.49. The molecule has 0 bridgehead atoms. The second kappa shape index (κ2) is 6.96. The molecule has 0 spiro atoms. The molecule has 3 heteroatoms. The highest BCUT2D eigenvalue weighted by Crippen LogP contribution is 2.17. The molecule has 112 valence electrons. The van der Waals surface area contributed by atoms with Gasteiger partial charge in [-0.15, -0.1) is 5.54 Å². The van der Waals surface area contributed by atoms with Gasteiger partial charge in [-0.2, -0.15) is 0 Å². The molecule has 0 radical (unpaired) electrons. The Morgan fingerprint density at radius 3 is 2.32 bits per heavy atom. The maximum atomic E-state index is 6.11. The van der Waals surface area contributed by atoms with Crippen molar-refractivity contribution < 1.29 is 0 Å². The first kappa shape index (κ1) is 16.5. The molecular formula is C19H20ClNSi. The van der Waals surface area contributed by atoms with Crippen LogP contribution in [0.15, 0.2) is 53.5 Å². The molecule has 0 aliphatic heterocycles.